The van der Waals surface area contributed by atoms with Crippen molar-refractivity contribution in [2.45, 2.75) is 5.41 Å². The minimum Gasteiger partial charge on any atom is -0.310 e. The molecule has 0 radical (unpaired) electrons. The van der Waals surface area contributed by atoms with E-state index in [1.165, 1.54) is 88.2 Å². The first kappa shape index (κ1) is 34.0. The lowest BCUT2D eigenvalue weighted by Crippen LogP contribution is -2.26. The second-order valence-electron chi connectivity index (χ2n) is 16.4. The predicted octanol–water partition coefficient (Wildman–Crippen LogP) is 15.4. The fourth-order valence-corrected chi connectivity index (χ4v) is 10.9. The van der Waals surface area contributed by atoms with Crippen molar-refractivity contribution in [2.75, 3.05) is 4.90 Å². The Balaban J connectivity index is 0.985. The van der Waals surface area contributed by atoms with Gasteiger partial charge in [0.15, 0.2) is 0 Å². The Morgan fingerprint density at radius 3 is 1.49 bits per heavy atom. The normalized spacial score (nSPS) is 13.0. The smallest absolute Gasteiger partial charge is 0.0726 e. The molecule has 0 aliphatic heterocycles. The Morgan fingerprint density at radius 2 is 0.836 bits per heavy atom. The molecule has 2 nitrogen and oxygen atoms in total. The molecule has 0 atom stereocenters. The van der Waals surface area contributed by atoms with Gasteiger partial charge in [0.1, 0.15) is 0 Å². The molecule has 11 aromatic rings. The van der Waals surface area contributed by atoms with Gasteiger partial charge in [-0.3, -0.25) is 0 Å². The average Bonchev–Trinajstić information content (AvgIpc) is 3.94. The monoisotopic (exact) mass is 774 g/mol. The summed E-state index contributed by atoms with van der Waals surface area (Å²) >= 11 is 0. The van der Waals surface area contributed by atoms with Crippen molar-refractivity contribution in [3.05, 3.63) is 253 Å². The number of benzene rings is 10. The van der Waals surface area contributed by atoms with Crippen LogP contribution in [0.5, 0.6) is 0 Å². The predicted molar refractivity (Wildman–Crippen MR) is 255 cm³/mol. The molecule has 10 aromatic carbocycles. The third-order valence-corrected chi connectivity index (χ3v) is 13.4. The standard InChI is InChI=1S/C59H38N2/c1-2-19-45-40(15-1)16-14-30-56(45)60(42-33-31-39(32-34-42)41-17-13-18-43(37-41)61-57-28-11-6-23-50(57)51-24-7-12-29-58(51)61)44-35-36-49-48-22-5-10-27-54(48)59(55(49)38-44)52-25-8-3-20-46(52)47-21-4-9-26-53(47)59/h1-38H. The molecular formula is C59H38N2. The van der Waals surface area contributed by atoms with Crippen LogP contribution in [0.15, 0.2) is 231 Å². The quantitative estimate of drug-likeness (QED) is 0.169. The second kappa shape index (κ2) is 13.0. The lowest BCUT2D eigenvalue weighted by Gasteiger charge is -2.32. The molecule has 0 saturated heterocycles. The number of para-hydroxylation sites is 2. The SMILES string of the molecule is c1cc(-c2ccc(N(c3ccc4c(c3)C3(c5ccccc5-c5ccccc53)c3ccccc3-4)c3cccc4ccccc34)cc2)cc(-n2c3ccccc3c3ccccc32)c1. The zero-order valence-corrected chi connectivity index (χ0v) is 33.3. The molecule has 1 heterocycles. The van der Waals surface area contributed by atoms with Crippen molar-refractivity contribution < 1.29 is 0 Å². The summed E-state index contributed by atoms with van der Waals surface area (Å²) in [5, 5.41) is 4.96. The van der Waals surface area contributed by atoms with Crippen molar-refractivity contribution >= 4 is 49.6 Å². The zero-order valence-electron chi connectivity index (χ0n) is 33.3. The van der Waals surface area contributed by atoms with Crippen LogP contribution in [0, 0.1) is 0 Å². The third-order valence-electron chi connectivity index (χ3n) is 13.4. The summed E-state index contributed by atoms with van der Waals surface area (Å²) in [6, 6.07) is 85.3. The maximum absolute atomic E-state index is 2.49. The highest BCUT2D eigenvalue weighted by molar-refractivity contribution is 6.09. The number of rotatable bonds is 5. The first-order valence-corrected chi connectivity index (χ1v) is 21.2. The first-order valence-electron chi connectivity index (χ1n) is 21.2. The number of fused-ring (bicyclic) bond motifs is 14. The van der Waals surface area contributed by atoms with E-state index in [4.69, 9.17) is 0 Å². The van der Waals surface area contributed by atoms with Crippen LogP contribution in [-0.4, -0.2) is 4.57 Å². The van der Waals surface area contributed by atoms with Crippen molar-refractivity contribution in [3.63, 3.8) is 0 Å². The summed E-state index contributed by atoms with van der Waals surface area (Å²) in [5.74, 6) is 0. The summed E-state index contributed by atoms with van der Waals surface area (Å²) in [7, 11) is 0. The van der Waals surface area contributed by atoms with Crippen LogP contribution in [0.2, 0.25) is 0 Å². The molecule has 1 spiro atoms. The molecule has 13 rings (SSSR count). The van der Waals surface area contributed by atoms with E-state index in [0.717, 1.165) is 22.7 Å². The Bertz CT molecular complexity index is 3430. The maximum atomic E-state index is 2.49. The van der Waals surface area contributed by atoms with Gasteiger partial charge >= 0.3 is 0 Å². The Labute approximate surface area is 354 Å². The van der Waals surface area contributed by atoms with Crippen molar-refractivity contribution in [1.82, 2.24) is 4.57 Å². The highest BCUT2D eigenvalue weighted by Crippen LogP contribution is 2.63. The van der Waals surface area contributed by atoms with Gasteiger partial charge in [-0.25, -0.2) is 0 Å². The van der Waals surface area contributed by atoms with Gasteiger partial charge in [-0.2, -0.15) is 0 Å². The van der Waals surface area contributed by atoms with Gasteiger partial charge in [0.25, 0.3) is 0 Å². The molecule has 0 amide bonds. The van der Waals surface area contributed by atoms with Gasteiger partial charge in [0.05, 0.1) is 22.1 Å². The first-order chi connectivity index (χ1) is 30.3. The minimum atomic E-state index is -0.426. The van der Waals surface area contributed by atoms with E-state index in [9.17, 15) is 0 Å². The molecule has 2 aliphatic rings. The summed E-state index contributed by atoms with van der Waals surface area (Å²) < 4.78 is 2.39. The van der Waals surface area contributed by atoms with E-state index in [1.54, 1.807) is 0 Å². The summed E-state index contributed by atoms with van der Waals surface area (Å²) in [6.07, 6.45) is 0. The van der Waals surface area contributed by atoms with Crippen LogP contribution in [0.4, 0.5) is 17.1 Å². The highest BCUT2D eigenvalue weighted by atomic mass is 15.1. The average molecular weight is 775 g/mol. The minimum absolute atomic E-state index is 0.426. The fraction of sp³-hybridized carbons (Fsp3) is 0.0169. The van der Waals surface area contributed by atoms with Crippen molar-refractivity contribution in [2.24, 2.45) is 0 Å². The number of hydrogen-bond donors (Lipinski definition) is 0. The Kier molecular flexibility index (Phi) is 7.26. The van der Waals surface area contributed by atoms with Gasteiger partial charge in [0.2, 0.25) is 0 Å². The fourth-order valence-electron chi connectivity index (χ4n) is 10.9. The second-order valence-corrected chi connectivity index (χ2v) is 16.4. The molecule has 61 heavy (non-hydrogen) atoms. The molecule has 0 saturated carbocycles. The van der Waals surface area contributed by atoms with E-state index in [1.807, 2.05) is 0 Å². The van der Waals surface area contributed by atoms with Crippen molar-refractivity contribution in [3.8, 4) is 39.1 Å². The van der Waals surface area contributed by atoms with Crippen LogP contribution in [0.3, 0.4) is 0 Å². The van der Waals surface area contributed by atoms with Gasteiger partial charge in [0, 0.05) is 33.2 Å². The van der Waals surface area contributed by atoms with E-state index >= 15 is 0 Å². The number of anilines is 3. The van der Waals surface area contributed by atoms with E-state index in [0.29, 0.717) is 0 Å². The van der Waals surface area contributed by atoms with Crippen LogP contribution in [0.1, 0.15) is 22.3 Å². The van der Waals surface area contributed by atoms with E-state index in [-0.39, 0.29) is 0 Å². The van der Waals surface area contributed by atoms with Crippen LogP contribution in [-0.2, 0) is 5.41 Å². The van der Waals surface area contributed by atoms with Crippen LogP contribution < -0.4 is 4.90 Å². The molecule has 2 heteroatoms. The molecule has 0 N–H and O–H groups in total. The van der Waals surface area contributed by atoms with Gasteiger partial charge in [-0.05, 0) is 116 Å². The third kappa shape index (κ3) is 4.79. The summed E-state index contributed by atoms with van der Waals surface area (Å²) in [4.78, 5) is 2.46. The maximum Gasteiger partial charge on any atom is 0.0726 e. The largest absolute Gasteiger partial charge is 0.310 e. The molecular weight excluding hydrogens is 737 g/mol. The van der Waals surface area contributed by atoms with Crippen molar-refractivity contribution in [1.29, 1.82) is 0 Å². The number of hydrogen-bond acceptors (Lipinski definition) is 1. The van der Waals surface area contributed by atoms with Gasteiger partial charge in [-0.15, -0.1) is 0 Å². The molecule has 0 bridgehead atoms. The number of aromatic nitrogens is 1. The lowest BCUT2D eigenvalue weighted by atomic mass is 9.70. The number of nitrogens with zero attached hydrogens (tertiary/aromatic N) is 2. The molecule has 284 valence electrons. The van der Waals surface area contributed by atoms with Crippen LogP contribution in [0.25, 0.3) is 71.6 Å². The van der Waals surface area contributed by atoms with E-state index in [2.05, 4.69) is 240 Å². The molecule has 1 aromatic heterocycles. The summed E-state index contributed by atoms with van der Waals surface area (Å²) in [6.45, 7) is 0. The Morgan fingerprint density at radius 1 is 0.328 bits per heavy atom. The van der Waals surface area contributed by atoms with Gasteiger partial charge < -0.3 is 9.47 Å². The lowest BCUT2D eigenvalue weighted by molar-refractivity contribution is 0.793. The zero-order chi connectivity index (χ0) is 40.1. The molecule has 0 unspecified atom stereocenters. The van der Waals surface area contributed by atoms with E-state index < -0.39 is 5.41 Å². The topological polar surface area (TPSA) is 8.17 Å². The van der Waals surface area contributed by atoms with Gasteiger partial charge in [-0.1, -0.05) is 176 Å². The summed E-state index contributed by atoms with van der Waals surface area (Å²) in [5.41, 5.74) is 19.5. The highest BCUT2D eigenvalue weighted by Gasteiger charge is 2.51. The van der Waals surface area contributed by atoms with Crippen LogP contribution >= 0.6 is 0 Å². The Hall–Kier alpha value is -7.94. The molecule has 2 aliphatic carbocycles. The molecule has 0 fully saturated rings.